The molecule has 126 valence electrons. The number of aryl methyl sites for hydroxylation is 1. The van der Waals surface area contributed by atoms with E-state index in [2.05, 4.69) is 10.3 Å². The second kappa shape index (κ2) is 7.75. The Morgan fingerprint density at radius 3 is 2.44 bits per heavy atom. The zero-order valence-corrected chi connectivity index (χ0v) is 13.9. The van der Waals surface area contributed by atoms with Crippen LogP contribution in [0, 0.1) is 18.3 Å². The minimum atomic E-state index is -0.729. The van der Waals surface area contributed by atoms with E-state index in [1.54, 1.807) is 42.6 Å². The van der Waals surface area contributed by atoms with Crippen LogP contribution in [0.3, 0.4) is 0 Å². The summed E-state index contributed by atoms with van der Waals surface area (Å²) in [4.78, 5) is 29.5. The van der Waals surface area contributed by atoms with Crippen molar-refractivity contribution in [1.29, 1.82) is 5.26 Å². The van der Waals surface area contributed by atoms with Crippen LogP contribution in [-0.2, 0) is 9.59 Å². The molecule has 0 atom stereocenters. The second-order valence-corrected chi connectivity index (χ2v) is 5.25. The highest BCUT2D eigenvalue weighted by atomic mass is 16.2. The highest BCUT2D eigenvalue weighted by Crippen LogP contribution is 2.19. The number of imide groups is 1. The van der Waals surface area contributed by atoms with Gasteiger partial charge >= 0.3 is 0 Å². The molecule has 7 heteroatoms. The molecule has 2 aromatic rings. The molecule has 2 amide bonds. The predicted molar refractivity (Wildman–Crippen MR) is 95.3 cm³/mol. The van der Waals surface area contributed by atoms with Crippen molar-refractivity contribution in [3.05, 3.63) is 60.1 Å². The van der Waals surface area contributed by atoms with Gasteiger partial charge in [-0.25, -0.2) is 4.90 Å². The first kappa shape index (κ1) is 17.7. The van der Waals surface area contributed by atoms with Gasteiger partial charge in [-0.1, -0.05) is 0 Å². The summed E-state index contributed by atoms with van der Waals surface area (Å²) in [6, 6.07) is 11.6. The van der Waals surface area contributed by atoms with Crippen LogP contribution >= 0.6 is 0 Å². The van der Waals surface area contributed by atoms with Crippen LogP contribution < -0.4 is 16.0 Å². The molecule has 0 aliphatic rings. The Kier molecular flexibility index (Phi) is 5.48. The summed E-state index contributed by atoms with van der Waals surface area (Å²) in [7, 11) is 0. The molecule has 2 rings (SSSR count). The fourth-order valence-corrected chi connectivity index (χ4v) is 2.04. The number of nitrogens with one attached hydrogen (secondary N) is 1. The summed E-state index contributed by atoms with van der Waals surface area (Å²) < 4.78 is 0. The van der Waals surface area contributed by atoms with Crippen molar-refractivity contribution >= 4 is 28.9 Å². The van der Waals surface area contributed by atoms with Crippen molar-refractivity contribution < 1.29 is 9.59 Å². The molecule has 0 aliphatic carbocycles. The van der Waals surface area contributed by atoms with Crippen LogP contribution in [-0.4, -0.2) is 16.8 Å². The van der Waals surface area contributed by atoms with Crippen molar-refractivity contribution in [1.82, 2.24) is 4.98 Å². The molecule has 0 aliphatic heterocycles. The van der Waals surface area contributed by atoms with Gasteiger partial charge in [-0.2, -0.15) is 5.26 Å². The van der Waals surface area contributed by atoms with E-state index in [9.17, 15) is 14.9 Å². The minimum Gasteiger partial charge on any atom is -0.399 e. The molecule has 1 heterocycles. The summed E-state index contributed by atoms with van der Waals surface area (Å²) in [6.45, 7) is 3.10. The van der Waals surface area contributed by atoms with E-state index in [0.29, 0.717) is 17.1 Å². The number of carbonyl (C=O) groups excluding carboxylic acids is 2. The van der Waals surface area contributed by atoms with Gasteiger partial charge in [0.15, 0.2) is 0 Å². The van der Waals surface area contributed by atoms with E-state index >= 15 is 0 Å². The number of benzene rings is 1. The highest BCUT2D eigenvalue weighted by Gasteiger charge is 2.23. The van der Waals surface area contributed by atoms with Gasteiger partial charge in [-0.3, -0.25) is 14.6 Å². The molecule has 7 nitrogen and oxygen atoms in total. The summed E-state index contributed by atoms with van der Waals surface area (Å²) in [5, 5.41) is 12.1. The van der Waals surface area contributed by atoms with Crippen LogP contribution in [0.5, 0.6) is 0 Å². The van der Waals surface area contributed by atoms with Crippen molar-refractivity contribution in [3.8, 4) is 6.07 Å². The highest BCUT2D eigenvalue weighted by molar-refractivity contribution is 6.21. The number of nitrogens with two attached hydrogens (primary N) is 1. The lowest BCUT2D eigenvalue weighted by molar-refractivity contribution is -0.123. The number of hydrogen-bond donors (Lipinski definition) is 2. The van der Waals surface area contributed by atoms with Crippen LogP contribution in [0.4, 0.5) is 17.1 Å². The number of amides is 2. The molecule has 0 radical (unpaired) electrons. The van der Waals surface area contributed by atoms with Crippen LogP contribution in [0.25, 0.3) is 0 Å². The first-order valence-corrected chi connectivity index (χ1v) is 7.42. The van der Waals surface area contributed by atoms with E-state index in [0.717, 1.165) is 10.6 Å². The average Bonchev–Trinajstić information content (AvgIpc) is 2.58. The SMILES string of the molecule is CC(=O)N(C(=O)/C(C#N)=C\Nc1ccc(C)nc1)c1ccc(N)cc1. The number of nitrogens with zero attached hydrogens (tertiary/aromatic N) is 3. The summed E-state index contributed by atoms with van der Waals surface area (Å²) in [6.07, 6.45) is 2.83. The van der Waals surface area contributed by atoms with Gasteiger partial charge in [0.1, 0.15) is 11.6 Å². The zero-order chi connectivity index (χ0) is 18.4. The Morgan fingerprint density at radius 2 is 1.92 bits per heavy atom. The molecule has 1 aromatic carbocycles. The molecule has 0 bridgehead atoms. The smallest absolute Gasteiger partial charge is 0.277 e. The Labute approximate surface area is 145 Å². The molecule has 0 fully saturated rings. The van der Waals surface area contributed by atoms with Gasteiger partial charge in [-0.05, 0) is 43.3 Å². The van der Waals surface area contributed by atoms with E-state index in [-0.39, 0.29) is 5.57 Å². The molecule has 25 heavy (non-hydrogen) atoms. The molecule has 0 spiro atoms. The fraction of sp³-hybridized carbons (Fsp3) is 0.111. The van der Waals surface area contributed by atoms with Gasteiger partial charge in [0.25, 0.3) is 5.91 Å². The quantitative estimate of drug-likeness (QED) is 0.504. The Bertz CT molecular complexity index is 849. The summed E-state index contributed by atoms with van der Waals surface area (Å²) in [5.41, 5.74) is 7.71. The Hall–Kier alpha value is -3.66. The first-order chi connectivity index (χ1) is 11.9. The fourth-order valence-electron chi connectivity index (χ4n) is 2.04. The largest absolute Gasteiger partial charge is 0.399 e. The standard InChI is InChI=1S/C18H17N5O2/c1-12-3-6-16(11-21-12)22-10-14(9-19)18(25)23(13(2)24)17-7-4-15(20)5-8-17/h3-8,10-11,22H,20H2,1-2H3/b14-10-. The third kappa shape index (κ3) is 4.42. The first-order valence-electron chi connectivity index (χ1n) is 7.42. The number of nitriles is 1. The molecule has 1 aromatic heterocycles. The molecule has 0 saturated carbocycles. The number of carbonyl (C=O) groups is 2. The van der Waals surface area contributed by atoms with Gasteiger partial charge < -0.3 is 11.1 Å². The van der Waals surface area contributed by atoms with Crippen molar-refractivity contribution in [3.63, 3.8) is 0 Å². The predicted octanol–water partition coefficient (Wildman–Crippen LogP) is 2.37. The van der Waals surface area contributed by atoms with Crippen molar-refractivity contribution in [2.45, 2.75) is 13.8 Å². The van der Waals surface area contributed by atoms with Crippen LogP contribution in [0.15, 0.2) is 54.4 Å². The summed E-state index contributed by atoms with van der Waals surface area (Å²) >= 11 is 0. The van der Waals surface area contributed by atoms with E-state index < -0.39 is 11.8 Å². The third-order valence-electron chi connectivity index (χ3n) is 3.31. The number of aromatic nitrogens is 1. The maximum atomic E-state index is 12.6. The monoisotopic (exact) mass is 335 g/mol. The normalized spacial score (nSPS) is 10.7. The minimum absolute atomic E-state index is 0.215. The molecule has 3 N–H and O–H groups in total. The Balaban J connectivity index is 2.27. The van der Waals surface area contributed by atoms with E-state index in [4.69, 9.17) is 5.73 Å². The maximum absolute atomic E-state index is 12.6. The van der Waals surface area contributed by atoms with Gasteiger partial charge in [0.05, 0.1) is 17.6 Å². The van der Waals surface area contributed by atoms with Gasteiger partial charge in [0, 0.05) is 24.5 Å². The van der Waals surface area contributed by atoms with Gasteiger partial charge in [0.2, 0.25) is 5.91 Å². The lowest BCUT2D eigenvalue weighted by Crippen LogP contribution is -2.36. The number of rotatable bonds is 4. The summed E-state index contributed by atoms with van der Waals surface area (Å²) in [5.74, 6) is -1.24. The number of pyridine rings is 1. The maximum Gasteiger partial charge on any atom is 0.277 e. The van der Waals surface area contributed by atoms with Crippen molar-refractivity contribution in [2.75, 3.05) is 16.0 Å². The Morgan fingerprint density at radius 1 is 1.24 bits per heavy atom. The zero-order valence-electron chi connectivity index (χ0n) is 13.9. The van der Waals surface area contributed by atoms with E-state index in [1.165, 1.54) is 13.1 Å². The molecule has 0 saturated heterocycles. The topological polar surface area (TPSA) is 112 Å². The molecular formula is C18H17N5O2. The molecular weight excluding hydrogens is 318 g/mol. The van der Waals surface area contributed by atoms with Crippen LogP contribution in [0.2, 0.25) is 0 Å². The van der Waals surface area contributed by atoms with Gasteiger partial charge in [-0.15, -0.1) is 0 Å². The van der Waals surface area contributed by atoms with Crippen molar-refractivity contribution in [2.24, 2.45) is 0 Å². The molecule has 0 unspecified atom stereocenters. The second-order valence-electron chi connectivity index (χ2n) is 5.25. The number of hydrogen-bond acceptors (Lipinski definition) is 6. The number of anilines is 3. The number of nitrogen functional groups attached to an aromatic ring is 1. The third-order valence-corrected chi connectivity index (χ3v) is 3.31. The lowest BCUT2D eigenvalue weighted by Gasteiger charge is -2.19. The van der Waals surface area contributed by atoms with Crippen LogP contribution in [0.1, 0.15) is 12.6 Å². The van der Waals surface area contributed by atoms with E-state index in [1.807, 2.05) is 13.0 Å². The average molecular weight is 335 g/mol. The lowest BCUT2D eigenvalue weighted by atomic mass is 10.2.